The molecule has 1 aliphatic heterocycles. The summed E-state index contributed by atoms with van der Waals surface area (Å²) in [6, 6.07) is 14.3. The summed E-state index contributed by atoms with van der Waals surface area (Å²) in [5.74, 6) is 0.258. The first-order valence-electron chi connectivity index (χ1n) is 10.4. The Morgan fingerprint density at radius 3 is 2.65 bits per heavy atom. The maximum absolute atomic E-state index is 13.0. The van der Waals surface area contributed by atoms with Crippen LogP contribution >= 0.6 is 12.2 Å². The van der Waals surface area contributed by atoms with Gasteiger partial charge in [-0.2, -0.15) is 5.10 Å². The molecule has 0 spiro atoms. The van der Waals surface area contributed by atoms with Crippen molar-refractivity contribution in [3.63, 3.8) is 0 Å². The van der Waals surface area contributed by atoms with Gasteiger partial charge < -0.3 is 20.1 Å². The molecular formula is C24H23N5O4S. The Bertz CT molecular complexity index is 1290. The summed E-state index contributed by atoms with van der Waals surface area (Å²) in [5, 5.41) is 10.3. The molecule has 1 aliphatic rings. The van der Waals surface area contributed by atoms with E-state index in [2.05, 4.69) is 15.7 Å². The highest BCUT2D eigenvalue weighted by Crippen LogP contribution is 2.30. The zero-order valence-electron chi connectivity index (χ0n) is 18.9. The van der Waals surface area contributed by atoms with Crippen LogP contribution in [0.3, 0.4) is 0 Å². The average Bonchev–Trinajstić information content (AvgIpc) is 3.29. The van der Waals surface area contributed by atoms with Crippen LogP contribution in [0, 0.1) is 6.92 Å². The van der Waals surface area contributed by atoms with Crippen LogP contribution in [-0.4, -0.2) is 40.4 Å². The first-order valence-corrected chi connectivity index (χ1v) is 10.8. The molecule has 34 heavy (non-hydrogen) atoms. The van der Waals surface area contributed by atoms with Crippen LogP contribution in [-0.2, 0) is 16.6 Å². The van der Waals surface area contributed by atoms with E-state index in [1.807, 2.05) is 25.1 Å². The van der Waals surface area contributed by atoms with Crippen molar-refractivity contribution in [2.24, 2.45) is 7.05 Å². The third-order valence-electron chi connectivity index (χ3n) is 5.02. The van der Waals surface area contributed by atoms with Crippen LogP contribution < -0.4 is 25.0 Å². The lowest BCUT2D eigenvalue weighted by Crippen LogP contribution is -2.30. The highest BCUT2D eigenvalue weighted by molar-refractivity contribution is 7.80. The van der Waals surface area contributed by atoms with Gasteiger partial charge >= 0.3 is 0 Å². The number of thiocarbonyl (C=S) groups is 1. The molecule has 10 heteroatoms. The summed E-state index contributed by atoms with van der Waals surface area (Å²) < 4.78 is 12.7. The number of hydrogen-bond donors (Lipinski definition) is 2. The van der Waals surface area contributed by atoms with Crippen LogP contribution in [0.25, 0.3) is 6.08 Å². The van der Waals surface area contributed by atoms with Gasteiger partial charge in [-0.05, 0) is 55.0 Å². The summed E-state index contributed by atoms with van der Waals surface area (Å²) >= 11 is 5.37. The monoisotopic (exact) mass is 477 g/mol. The molecule has 0 saturated carbocycles. The minimum Gasteiger partial charge on any atom is -0.493 e. The van der Waals surface area contributed by atoms with Gasteiger partial charge in [-0.1, -0.05) is 24.3 Å². The average molecular weight is 478 g/mol. The van der Waals surface area contributed by atoms with E-state index >= 15 is 0 Å². The lowest BCUT2D eigenvalue weighted by atomic mass is 10.1. The number of amides is 2. The van der Waals surface area contributed by atoms with E-state index in [4.69, 9.17) is 21.7 Å². The Balaban J connectivity index is 1.47. The second-order valence-electron chi connectivity index (χ2n) is 7.52. The molecular weight excluding hydrogens is 454 g/mol. The fourth-order valence-corrected chi connectivity index (χ4v) is 3.77. The molecule has 4 rings (SSSR count). The summed E-state index contributed by atoms with van der Waals surface area (Å²) in [5.41, 5.74) is 3.03. The molecule has 0 bridgehead atoms. The molecule has 0 aliphatic carbocycles. The van der Waals surface area contributed by atoms with Gasteiger partial charge in [0.1, 0.15) is 5.70 Å². The number of aromatic nitrogens is 2. The maximum Gasteiger partial charge on any atom is 0.281 e. The van der Waals surface area contributed by atoms with E-state index in [0.29, 0.717) is 39.8 Å². The van der Waals surface area contributed by atoms with Crippen molar-refractivity contribution in [2.75, 3.05) is 23.9 Å². The molecule has 2 aromatic carbocycles. The van der Waals surface area contributed by atoms with E-state index in [0.717, 1.165) is 0 Å². The predicted molar refractivity (Wildman–Crippen MR) is 133 cm³/mol. The van der Waals surface area contributed by atoms with Crippen molar-refractivity contribution < 1.29 is 19.1 Å². The number of rotatable bonds is 7. The van der Waals surface area contributed by atoms with Crippen LogP contribution in [0.1, 0.15) is 11.3 Å². The zero-order chi connectivity index (χ0) is 24.2. The highest BCUT2D eigenvalue weighted by atomic mass is 32.1. The number of hydrogen-bond acceptors (Lipinski definition) is 6. The van der Waals surface area contributed by atoms with Gasteiger partial charge in [-0.25, -0.2) is 4.90 Å². The Morgan fingerprint density at radius 1 is 1.21 bits per heavy atom. The van der Waals surface area contributed by atoms with Crippen LogP contribution in [0.15, 0.2) is 60.4 Å². The van der Waals surface area contributed by atoms with Gasteiger partial charge in [0, 0.05) is 18.9 Å². The fraction of sp³-hybridized carbons (Fsp3) is 0.167. The third kappa shape index (κ3) is 4.91. The van der Waals surface area contributed by atoms with Crippen molar-refractivity contribution in [3.05, 3.63) is 71.7 Å². The lowest BCUT2D eigenvalue weighted by Gasteiger charge is -2.12. The maximum atomic E-state index is 13.0. The van der Waals surface area contributed by atoms with E-state index in [1.54, 1.807) is 54.3 Å². The topological polar surface area (TPSA) is 97.7 Å². The van der Waals surface area contributed by atoms with Crippen molar-refractivity contribution >= 4 is 46.6 Å². The number of carbonyl (C=O) groups excluding carboxylic acids is 2. The minimum absolute atomic E-state index is 0.181. The molecule has 2 N–H and O–H groups in total. The SMILES string of the molecule is COc1cc(/C=C2/NC(=S)N(c3cn(C)nc3C)C2=O)ccc1OCC(=O)Nc1ccccc1. The largest absolute Gasteiger partial charge is 0.493 e. The number of para-hydroxylation sites is 1. The number of anilines is 2. The number of methoxy groups -OCH3 is 1. The Morgan fingerprint density at radius 2 is 1.97 bits per heavy atom. The molecule has 0 unspecified atom stereocenters. The number of benzene rings is 2. The van der Waals surface area contributed by atoms with Crippen molar-refractivity contribution in [2.45, 2.75) is 6.92 Å². The molecule has 1 aromatic heterocycles. The number of nitrogens with one attached hydrogen (secondary N) is 2. The molecule has 2 amide bonds. The molecule has 9 nitrogen and oxygen atoms in total. The number of nitrogens with zero attached hydrogens (tertiary/aromatic N) is 3. The molecule has 2 heterocycles. The van der Waals surface area contributed by atoms with Gasteiger partial charge in [-0.15, -0.1) is 0 Å². The molecule has 3 aromatic rings. The van der Waals surface area contributed by atoms with Crippen LogP contribution in [0.5, 0.6) is 11.5 Å². The van der Waals surface area contributed by atoms with Crippen molar-refractivity contribution in [1.29, 1.82) is 0 Å². The first-order chi connectivity index (χ1) is 16.4. The quantitative estimate of drug-likeness (QED) is 0.399. The normalized spacial score (nSPS) is 14.3. The van der Waals surface area contributed by atoms with E-state index in [-0.39, 0.29) is 23.5 Å². The Hall–Kier alpha value is -4.18. The zero-order valence-corrected chi connectivity index (χ0v) is 19.7. The standard InChI is InChI=1S/C24H23N5O4S/c1-15-19(13-28(2)27-15)29-23(31)18(26-24(29)34)11-16-9-10-20(21(12-16)32-3)33-14-22(30)25-17-7-5-4-6-8-17/h4-13H,14H2,1-3H3,(H,25,30)(H,26,34)/b18-11+. The van der Waals surface area contributed by atoms with Gasteiger partial charge in [0.25, 0.3) is 11.8 Å². The first kappa shape index (κ1) is 23.0. The number of carbonyl (C=O) groups is 2. The van der Waals surface area contributed by atoms with Gasteiger partial charge in [0.2, 0.25) is 0 Å². The fourth-order valence-electron chi connectivity index (χ4n) is 3.48. The second kappa shape index (κ2) is 9.75. The summed E-state index contributed by atoms with van der Waals surface area (Å²) in [7, 11) is 3.29. The van der Waals surface area contributed by atoms with Gasteiger partial charge in [0.15, 0.2) is 23.2 Å². The second-order valence-corrected chi connectivity index (χ2v) is 7.90. The number of aryl methyl sites for hydroxylation is 2. The summed E-state index contributed by atoms with van der Waals surface area (Å²) in [6.45, 7) is 1.63. The minimum atomic E-state index is -0.292. The summed E-state index contributed by atoms with van der Waals surface area (Å²) in [6.07, 6.45) is 3.42. The third-order valence-corrected chi connectivity index (χ3v) is 5.31. The molecule has 1 saturated heterocycles. The van der Waals surface area contributed by atoms with E-state index < -0.39 is 0 Å². The molecule has 0 radical (unpaired) electrons. The lowest BCUT2D eigenvalue weighted by molar-refractivity contribution is -0.118. The van der Waals surface area contributed by atoms with Gasteiger partial charge in [-0.3, -0.25) is 14.3 Å². The number of ether oxygens (including phenoxy) is 2. The smallest absolute Gasteiger partial charge is 0.281 e. The van der Waals surface area contributed by atoms with E-state index in [9.17, 15) is 9.59 Å². The van der Waals surface area contributed by atoms with Crippen LogP contribution in [0.2, 0.25) is 0 Å². The van der Waals surface area contributed by atoms with Gasteiger partial charge in [0.05, 0.1) is 18.5 Å². The van der Waals surface area contributed by atoms with Crippen molar-refractivity contribution in [3.8, 4) is 11.5 Å². The van der Waals surface area contributed by atoms with Crippen molar-refractivity contribution in [1.82, 2.24) is 15.1 Å². The molecule has 0 atom stereocenters. The Kier molecular flexibility index (Phi) is 6.60. The summed E-state index contributed by atoms with van der Waals surface area (Å²) in [4.78, 5) is 26.6. The predicted octanol–water partition coefficient (Wildman–Crippen LogP) is 3.02. The molecule has 1 fully saturated rings. The van der Waals surface area contributed by atoms with Crippen LogP contribution in [0.4, 0.5) is 11.4 Å². The van der Waals surface area contributed by atoms with E-state index in [1.165, 1.54) is 12.0 Å². The highest BCUT2D eigenvalue weighted by Gasteiger charge is 2.33. The molecule has 174 valence electrons. The Labute approximate surface area is 202 Å².